The highest BCUT2D eigenvalue weighted by Crippen LogP contribution is 2.36. The third kappa shape index (κ3) is 3.14. The van der Waals surface area contributed by atoms with E-state index in [1.165, 1.54) is 18.4 Å². The van der Waals surface area contributed by atoms with E-state index in [2.05, 4.69) is 63.3 Å². The Morgan fingerprint density at radius 3 is 2.11 bits per heavy atom. The van der Waals surface area contributed by atoms with Gasteiger partial charge in [0.25, 0.3) is 0 Å². The van der Waals surface area contributed by atoms with Gasteiger partial charge in [0.2, 0.25) is 0 Å². The molecule has 1 atom stereocenters. The van der Waals surface area contributed by atoms with Crippen LogP contribution in [-0.2, 0) is 0 Å². The van der Waals surface area contributed by atoms with Gasteiger partial charge in [-0.2, -0.15) is 0 Å². The van der Waals surface area contributed by atoms with Crippen molar-refractivity contribution in [1.29, 1.82) is 0 Å². The average molecular weight is 245 g/mol. The van der Waals surface area contributed by atoms with E-state index in [1.54, 1.807) is 0 Å². The van der Waals surface area contributed by atoms with Crippen molar-refractivity contribution in [2.75, 3.05) is 0 Å². The van der Waals surface area contributed by atoms with Crippen molar-refractivity contribution >= 4 is 0 Å². The first-order valence-corrected chi connectivity index (χ1v) is 7.39. The van der Waals surface area contributed by atoms with E-state index >= 15 is 0 Å². The van der Waals surface area contributed by atoms with Gasteiger partial charge in [-0.3, -0.25) is 0 Å². The van der Waals surface area contributed by atoms with E-state index in [4.69, 9.17) is 0 Å². The summed E-state index contributed by atoms with van der Waals surface area (Å²) < 4.78 is 0. The molecule has 0 bridgehead atoms. The Balaban J connectivity index is 1.93. The Kier molecular flexibility index (Phi) is 4.45. The molecule has 0 radical (unpaired) electrons. The molecule has 1 heteroatoms. The maximum absolute atomic E-state index is 3.85. The molecular formula is C17H27N. The number of hydrogen-bond donors (Lipinski definition) is 1. The molecule has 0 aliphatic heterocycles. The summed E-state index contributed by atoms with van der Waals surface area (Å²) in [7, 11) is 0. The van der Waals surface area contributed by atoms with Crippen LogP contribution in [0.1, 0.15) is 52.1 Å². The van der Waals surface area contributed by atoms with E-state index < -0.39 is 0 Å². The number of rotatable bonds is 5. The van der Waals surface area contributed by atoms with Gasteiger partial charge in [0.15, 0.2) is 0 Å². The summed E-state index contributed by atoms with van der Waals surface area (Å²) in [6.45, 7) is 9.31. The van der Waals surface area contributed by atoms with Crippen molar-refractivity contribution in [2.45, 2.75) is 52.6 Å². The second-order valence-electron chi connectivity index (χ2n) is 6.47. The summed E-state index contributed by atoms with van der Waals surface area (Å²) in [5.41, 5.74) is 1.43. The summed E-state index contributed by atoms with van der Waals surface area (Å²) in [6.07, 6.45) is 2.71. The van der Waals surface area contributed by atoms with Gasteiger partial charge in [0.1, 0.15) is 0 Å². The first kappa shape index (κ1) is 13.6. The number of hydrogen-bond acceptors (Lipinski definition) is 1. The average Bonchev–Trinajstić information content (AvgIpc) is 2.27. The lowest BCUT2D eigenvalue weighted by molar-refractivity contribution is 0.148. The van der Waals surface area contributed by atoms with E-state index in [1.807, 2.05) is 0 Å². The smallest absolute Gasteiger partial charge is 0.0345 e. The SMILES string of the molecule is CC(C)C1CC(NC(c2ccccc2)C(C)C)C1. The molecule has 0 heterocycles. The molecule has 1 saturated carbocycles. The van der Waals surface area contributed by atoms with Gasteiger partial charge < -0.3 is 5.32 Å². The molecule has 0 aromatic heterocycles. The molecule has 1 aromatic rings. The van der Waals surface area contributed by atoms with Gasteiger partial charge >= 0.3 is 0 Å². The molecule has 1 aromatic carbocycles. The van der Waals surface area contributed by atoms with Gasteiger partial charge in [0, 0.05) is 12.1 Å². The van der Waals surface area contributed by atoms with Crippen LogP contribution in [-0.4, -0.2) is 6.04 Å². The van der Waals surface area contributed by atoms with Crippen LogP contribution in [0.3, 0.4) is 0 Å². The molecule has 0 amide bonds. The van der Waals surface area contributed by atoms with Gasteiger partial charge in [0.05, 0.1) is 0 Å². The van der Waals surface area contributed by atoms with Crippen LogP contribution in [0.25, 0.3) is 0 Å². The predicted molar refractivity (Wildman–Crippen MR) is 78.5 cm³/mol. The monoisotopic (exact) mass is 245 g/mol. The minimum Gasteiger partial charge on any atom is -0.307 e. The van der Waals surface area contributed by atoms with Crippen LogP contribution >= 0.6 is 0 Å². The molecule has 1 aliphatic rings. The topological polar surface area (TPSA) is 12.0 Å². The molecule has 0 saturated heterocycles. The van der Waals surface area contributed by atoms with Crippen molar-refractivity contribution in [3.05, 3.63) is 35.9 Å². The van der Waals surface area contributed by atoms with Gasteiger partial charge in [-0.25, -0.2) is 0 Å². The molecule has 18 heavy (non-hydrogen) atoms. The van der Waals surface area contributed by atoms with Crippen molar-refractivity contribution in [3.63, 3.8) is 0 Å². The summed E-state index contributed by atoms with van der Waals surface area (Å²) in [6, 6.07) is 12.1. The van der Waals surface area contributed by atoms with Crippen LogP contribution < -0.4 is 5.32 Å². The first-order chi connectivity index (χ1) is 8.58. The zero-order valence-corrected chi connectivity index (χ0v) is 12.2. The third-order valence-corrected chi connectivity index (χ3v) is 4.36. The van der Waals surface area contributed by atoms with Crippen molar-refractivity contribution in [3.8, 4) is 0 Å². The summed E-state index contributed by atoms with van der Waals surface area (Å²) >= 11 is 0. The predicted octanol–water partition coefficient (Wildman–Crippen LogP) is 4.41. The van der Waals surface area contributed by atoms with E-state index in [0.717, 1.165) is 17.9 Å². The van der Waals surface area contributed by atoms with E-state index in [0.29, 0.717) is 12.0 Å². The fourth-order valence-corrected chi connectivity index (χ4v) is 2.93. The van der Waals surface area contributed by atoms with Gasteiger partial charge in [-0.1, -0.05) is 58.0 Å². The van der Waals surface area contributed by atoms with Crippen LogP contribution in [0, 0.1) is 17.8 Å². The largest absolute Gasteiger partial charge is 0.307 e. The van der Waals surface area contributed by atoms with E-state index in [-0.39, 0.29) is 0 Å². The maximum Gasteiger partial charge on any atom is 0.0345 e. The van der Waals surface area contributed by atoms with Gasteiger partial charge in [-0.05, 0) is 36.2 Å². The minimum absolute atomic E-state index is 0.504. The Labute approximate surface area is 112 Å². The Bertz CT molecular complexity index is 349. The molecule has 100 valence electrons. The van der Waals surface area contributed by atoms with Crippen molar-refractivity contribution < 1.29 is 0 Å². The maximum atomic E-state index is 3.85. The summed E-state index contributed by atoms with van der Waals surface area (Å²) in [5, 5.41) is 3.85. The number of nitrogens with one attached hydrogen (secondary N) is 1. The fourth-order valence-electron chi connectivity index (χ4n) is 2.93. The van der Waals surface area contributed by atoms with Crippen molar-refractivity contribution in [2.24, 2.45) is 17.8 Å². The fraction of sp³-hybridized carbons (Fsp3) is 0.647. The lowest BCUT2D eigenvalue weighted by Crippen LogP contribution is -2.45. The highest BCUT2D eigenvalue weighted by atomic mass is 15.0. The second-order valence-corrected chi connectivity index (χ2v) is 6.47. The standard InChI is InChI=1S/C17H27N/c1-12(2)15-10-16(11-15)18-17(13(3)4)14-8-6-5-7-9-14/h5-9,12-13,15-18H,10-11H2,1-4H3. The van der Waals surface area contributed by atoms with Crippen LogP contribution in [0.5, 0.6) is 0 Å². The number of benzene rings is 1. The minimum atomic E-state index is 0.504. The summed E-state index contributed by atoms with van der Waals surface area (Å²) in [4.78, 5) is 0. The normalized spacial score (nSPS) is 25.2. The molecule has 0 spiro atoms. The molecular weight excluding hydrogens is 218 g/mol. The van der Waals surface area contributed by atoms with Crippen LogP contribution in [0.2, 0.25) is 0 Å². The molecule has 2 rings (SSSR count). The van der Waals surface area contributed by atoms with E-state index in [9.17, 15) is 0 Å². The van der Waals surface area contributed by atoms with Gasteiger partial charge in [-0.15, -0.1) is 0 Å². The van der Waals surface area contributed by atoms with Crippen LogP contribution in [0.4, 0.5) is 0 Å². The summed E-state index contributed by atoms with van der Waals surface area (Å²) in [5.74, 6) is 2.42. The Morgan fingerprint density at radius 1 is 1.00 bits per heavy atom. The first-order valence-electron chi connectivity index (χ1n) is 7.39. The lowest BCUT2D eigenvalue weighted by atomic mass is 9.73. The third-order valence-electron chi connectivity index (χ3n) is 4.36. The van der Waals surface area contributed by atoms with Crippen LogP contribution in [0.15, 0.2) is 30.3 Å². The quantitative estimate of drug-likeness (QED) is 0.810. The Morgan fingerprint density at radius 2 is 1.61 bits per heavy atom. The Hall–Kier alpha value is -0.820. The molecule has 1 nitrogen and oxygen atoms in total. The van der Waals surface area contributed by atoms with Crippen molar-refractivity contribution in [1.82, 2.24) is 5.32 Å². The second kappa shape index (κ2) is 5.88. The zero-order chi connectivity index (χ0) is 13.1. The molecule has 1 N–H and O–H groups in total. The lowest BCUT2D eigenvalue weighted by Gasteiger charge is -2.41. The highest BCUT2D eigenvalue weighted by molar-refractivity contribution is 5.19. The highest BCUT2D eigenvalue weighted by Gasteiger charge is 2.33. The molecule has 1 fully saturated rings. The zero-order valence-electron chi connectivity index (χ0n) is 12.2. The molecule has 1 unspecified atom stereocenters. The molecule has 1 aliphatic carbocycles.